The molecule has 58 heavy (non-hydrogen) atoms. The average Bonchev–Trinajstić information content (AvgIpc) is 3.75. The molecule has 2 heterocycles. The molecule has 0 radical (unpaired) electrons. The van der Waals surface area contributed by atoms with Crippen LogP contribution in [0.2, 0.25) is 0 Å². The molecule has 10 aromatic rings. The molecule has 0 aliphatic heterocycles. The zero-order chi connectivity index (χ0) is 38.8. The van der Waals surface area contributed by atoms with Crippen molar-refractivity contribution in [3.8, 4) is 73.2 Å². The summed E-state index contributed by atoms with van der Waals surface area (Å²) in [5.74, 6) is 1.89. The van der Waals surface area contributed by atoms with Crippen LogP contribution in [-0.4, -0.2) is 19.5 Å². The highest BCUT2D eigenvalue weighted by atomic mass is 15.0. The van der Waals surface area contributed by atoms with Crippen molar-refractivity contribution in [3.05, 3.63) is 205 Å². The van der Waals surface area contributed by atoms with Gasteiger partial charge in [0.1, 0.15) is 0 Å². The molecule has 2 aromatic heterocycles. The molecular formula is C54H38N4. The minimum Gasteiger partial charge on any atom is -0.308 e. The Balaban J connectivity index is 1.26. The van der Waals surface area contributed by atoms with Crippen LogP contribution < -0.4 is 0 Å². The lowest BCUT2D eigenvalue weighted by molar-refractivity contribution is 0.661. The van der Waals surface area contributed by atoms with Crippen LogP contribution in [0.1, 0.15) is 25.0 Å². The molecule has 0 spiro atoms. The third-order valence-corrected chi connectivity index (χ3v) is 11.8. The van der Waals surface area contributed by atoms with Crippen LogP contribution in [0.15, 0.2) is 194 Å². The first kappa shape index (κ1) is 33.9. The first-order valence-electron chi connectivity index (χ1n) is 19.9. The molecule has 1 aliphatic rings. The van der Waals surface area contributed by atoms with Crippen molar-refractivity contribution in [1.82, 2.24) is 19.5 Å². The zero-order valence-electron chi connectivity index (χ0n) is 32.3. The summed E-state index contributed by atoms with van der Waals surface area (Å²) in [6.07, 6.45) is 0. The van der Waals surface area contributed by atoms with Gasteiger partial charge in [0.25, 0.3) is 0 Å². The van der Waals surface area contributed by atoms with E-state index in [2.05, 4.69) is 176 Å². The molecule has 0 N–H and O–H groups in total. The van der Waals surface area contributed by atoms with E-state index in [0.29, 0.717) is 17.5 Å². The van der Waals surface area contributed by atoms with Crippen LogP contribution in [0, 0.1) is 0 Å². The summed E-state index contributed by atoms with van der Waals surface area (Å²) >= 11 is 0. The molecule has 4 heteroatoms. The highest BCUT2D eigenvalue weighted by molar-refractivity contribution is 6.18. The standard InChI is InChI=1S/C54H38N4/c1-54(2)44-29-17-15-27-40(44)48-45(54)31-32-47-49(48)41-28-16-18-30-46(41)58(47)50-42(35-19-7-3-8-20-35)33-39(34-43(50)36-21-9-4-10-22-36)53-56-51(37-23-11-5-12-24-37)55-52(57-53)38-25-13-6-14-26-38/h3-34H,1-2H3. The largest absolute Gasteiger partial charge is 0.308 e. The van der Waals surface area contributed by atoms with Gasteiger partial charge in [-0.2, -0.15) is 0 Å². The smallest absolute Gasteiger partial charge is 0.164 e. The highest BCUT2D eigenvalue weighted by Crippen LogP contribution is 2.54. The van der Waals surface area contributed by atoms with Gasteiger partial charge in [-0.3, -0.25) is 0 Å². The Hall–Kier alpha value is -7.43. The topological polar surface area (TPSA) is 43.6 Å². The minimum absolute atomic E-state index is 0.114. The summed E-state index contributed by atoms with van der Waals surface area (Å²) in [6.45, 7) is 4.71. The molecule has 0 atom stereocenters. The number of para-hydroxylation sites is 1. The molecule has 0 unspecified atom stereocenters. The lowest BCUT2D eigenvalue weighted by Crippen LogP contribution is -2.14. The van der Waals surface area contributed by atoms with Gasteiger partial charge in [-0.25, -0.2) is 15.0 Å². The quantitative estimate of drug-likeness (QED) is 0.170. The van der Waals surface area contributed by atoms with Crippen molar-refractivity contribution >= 4 is 21.8 Å². The van der Waals surface area contributed by atoms with Gasteiger partial charge in [0.05, 0.1) is 16.7 Å². The van der Waals surface area contributed by atoms with Crippen LogP contribution >= 0.6 is 0 Å². The summed E-state index contributed by atoms with van der Waals surface area (Å²) in [5, 5.41) is 2.52. The Morgan fingerprint density at radius 2 is 0.845 bits per heavy atom. The Morgan fingerprint density at radius 1 is 0.379 bits per heavy atom. The van der Waals surface area contributed by atoms with Crippen LogP contribution in [-0.2, 0) is 5.41 Å². The van der Waals surface area contributed by atoms with Gasteiger partial charge in [0, 0.05) is 44.0 Å². The number of nitrogens with zero attached hydrogens (tertiary/aromatic N) is 4. The van der Waals surface area contributed by atoms with Gasteiger partial charge < -0.3 is 4.57 Å². The van der Waals surface area contributed by atoms with Gasteiger partial charge in [-0.1, -0.05) is 184 Å². The van der Waals surface area contributed by atoms with Crippen molar-refractivity contribution in [2.75, 3.05) is 0 Å². The maximum Gasteiger partial charge on any atom is 0.164 e. The van der Waals surface area contributed by atoms with Gasteiger partial charge in [0.15, 0.2) is 17.5 Å². The molecule has 0 fully saturated rings. The van der Waals surface area contributed by atoms with Gasteiger partial charge in [-0.15, -0.1) is 0 Å². The number of fused-ring (bicyclic) bond motifs is 7. The first-order valence-corrected chi connectivity index (χ1v) is 19.9. The molecule has 0 saturated heterocycles. The van der Waals surface area contributed by atoms with E-state index in [0.717, 1.165) is 50.1 Å². The minimum atomic E-state index is -0.114. The van der Waals surface area contributed by atoms with E-state index in [4.69, 9.17) is 15.0 Å². The van der Waals surface area contributed by atoms with Crippen LogP contribution in [0.4, 0.5) is 0 Å². The van der Waals surface area contributed by atoms with E-state index in [1.807, 2.05) is 36.4 Å². The number of hydrogen-bond donors (Lipinski definition) is 0. The summed E-state index contributed by atoms with van der Waals surface area (Å²) in [4.78, 5) is 15.4. The average molecular weight is 743 g/mol. The molecule has 274 valence electrons. The maximum atomic E-state index is 5.21. The third kappa shape index (κ3) is 5.33. The van der Waals surface area contributed by atoms with Gasteiger partial charge >= 0.3 is 0 Å². The summed E-state index contributed by atoms with van der Waals surface area (Å²) < 4.78 is 2.51. The molecule has 8 aromatic carbocycles. The molecule has 0 bridgehead atoms. The fourth-order valence-electron chi connectivity index (χ4n) is 9.11. The van der Waals surface area contributed by atoms with Crippen LogP contribution in [0.3, 0.4) is 0 Å². The van der Waals surface area contributed by atoms with E-state index in [1.54, 1.807) is 0 Å². The molecule has 11 rings (SSSR count). The summed E-state index contributed by atoms with van der Waals surface area (Å²) in [7, 11) is 0. The predicted molar refractivity (Wildman–Crippen MR) is 239 cm³/mol. The second-order valence-electron chi connectivity index (χ2n) is 15.6. The summed E-state index contributed by atoms with van der Waals surface area (Å²) in [5.41, 5.74) is 15.9. The lowest BCUT2D eigenvalue weighted by atomic mass is 9.82. The van der Waals surface area contributed by atoms with Gasteiger partial charge in [0.2, 0.25) is 0 Å². The molecular weight excluding hydrogens is 705 g/mol. The predicted octanol–water partition coefficient (Wildman–Crippen LogP) is 13.6. The van der Waals surface area contributed by atoms with Crippen molar-refractivity contribution in [3.63, 3.8) is 0 Å². The third-order valence-electron chi connectivity index (χ3n) is 11.8. The SMILES string of the molecule is CC1(C)c2ccccc2-c2c1ccc1c2c2ccccc2n1-c1c(-c2ccccc2)cc(-c2nc(-c3ccccc3)nc(-c3ccccc3)n2)cc1-c1ccccc1. The number of aromatic nitrogens is 4. The molecule has 0 saturated carbocycles. The Bertz CT molecular complexity index is 3050. The maximum absolute atomic E-state index is 5.21. The first-order chi connectivity index (χ1) is 28.5. The van der Waals surface area contributed by atoms with Crippen molar-refractivity contribution in [2.24, 2.45) is 0 Å². The molecule has 4 nitrogen and oxygen atoms in total. The number of benzene rings is 8. The second-order valence-corrected chi connectivity index (χ2v) is 15.6. The Morgan fingerprint density at radius 3 is 1.41 bits per heavy atom. The van der Waals surface area contributed by atoms with Gasteiger partial charge in [-0.05, 0) is 57.6 Å². The van der Waals surface area contributed by atoms with E-state index in [9.17, 15) is 0 Å². The van der Waals surface area contributed by atoms with E-state index < -0.39 is 0 Å². The van der Waals surface area contributed by atoms with Crippen LogP contribution in [0.5, 0.6) is 0 Å². The van der Waals surface area contributed by atoms with Crippen molar-refractivity contribution in [2.45, 2.75) is 19.3 Å². The monoisotopic (exact) mass is 742 g/mol. The zero-order valence-corrected chi connectivity index (χ0v) is 32.3. The van der Waals surface area contributed by atoms with E-state index in [1.165, 1.54) is 38.5 Å². The van der Waals surface area contributed by atoms with E-state index >= 15 is 0 Å². The fourth-order valence-corrected chi connectivity index (χ4v) is 9.11. The highest BCUT2D eigenvalue weighted by Gasteiger charge is 2.37. The van der Waals surface area contributed by atoms with Crippen molar-refractivity contribution in [1.29, 1.82) is 0 Å². The molecule has 0 amide bonds. The van der Waals surface area contributed by atoms with Crippen LogP contribution in [0.25, 0.3) is 95.0 Å². The molecule has 1 aliphatic carbocycles. The fraction of sp³-hybridized carbons (Fsp3) is 0.0556. The van der Waals surface area contributed by atoms with Crippen molar-refractivity contribution < 1.29 is 0 Å². The lowest BCUT2D eigenvalue weighted by Gasteiger charge is -2.22. The second kappa shape index (κ2) is 13.4. The Kier molecular flexibility index (Phi) is 7.80. The van der Waals surface area contributed by atoms with E-state index in [-0.39, 0.29) is 5.41 Å². The number of rotatable bonds is 6. The Labute approximate surface area is 337 Å². The summed E-state index contributed by atoms with van der Waals surface area (Å²) in [6, 6.07) is 69.0. The number of hydrogen-bond acceptors (Lipinski definition) is 3. The normalized spacial score (nSPS) is 12.8.